The van der Waals surface area contributed by atoms with E-state index in [9.17, 15) is 18.0 Å². The second-order valence-electron chi connectivity index (χ2n) is 4.41. The molecule has 0 radical (unpaired) electrons. The molecule has 0 aromatic heterocycles. The largest absolute Gasteiger partial charge is 0.455 e. The minimum atomic E-state index is -3.96. The molecule has 1 rings (SSSR count). The first-order valence-corrected chi connectivity index (χ1v) is 9.28. The summed E-state index contributed by atoms with van der Waals surface area (Å²) in [5.74, 6) is -1.31. The van der Waals surface area contributed by atoms with Crippen molar-refractivity contribution in [3.63, 3.8) is 0 Å². The third kappa shape index (κ3) is 6.86. The number of nitrogens with one attached hydrogen (secondary N) is 2. The first-order chi connectivity index (χ1) is 10.8. The van der Waals surface area contributed by atoms with E-state index in [4.69, 9.17) is 11.6 Å². The van der Waals surface area contributed by atoms with Crippen molar-refractivity contribution >= 4 is 49.4 Å². The average Bonchev–Trinajstić information content (AvgIpc) is 2.48. The van der Waals surface area contributed by atoms with Crippen LogP contribution in [-0.4, -0.2) is 40.0 Å². The predicted octanol–water partition coefficient (Wildman–Crippen LogP) is 1.45. The van der Waals surface area contributed by atoms with Crippen molar-refractivity contribution in [2.24, 2.45) is 0 Å². The van der Waals surface area contributed by atoms with Crippen LogP contribution in [0, 0.1) is 0 Å². The molecule has 0 saturated heterocycles. The average molecular weight is 428 g/mol. The van der Waals surface area contributed by atoms with Gasteiger partial charge in [0, 0.05) is 11.0 Å². The van der Waals surface area contributed by atoms with Crippen molar-refractivity contribution in [1.29, 1.82) is 0 Å². The number of hydrogen-bond donors (Lipinski definition) is 2. The van der Waals surface area contributed by atoms with Gasteiger partial charge in [0.1, 0.15) is 11.4 Å². The molecule has 0 heterocycles. The fourth-order valence-corrected chi connectivity index (χ4v) is 3.44. The Kier molecular flexibility index (Phi) is 7.97. The van der Waals surface area contributed by atoms with Crippen molar-refractivity contribution in [3.8, 4) is 0 Å². The summed E-state index contributed by atoms with van der Waals surface area (Å²) in [5, 5.41) is 2.54. The van der Waals surface area contributed by atoms with E-state index in [0.717, 1.165) is 6.42 Å². The highest BCUT2D eigenvalue weighted by Gasteiger charge is 2.19. The molecular formula is C13H16BrClN2O5S. The molecule has 0 atom stereocenters. The monoisotopic (exact) mass is 426 g/mol. The summed E-state index contributed by atoms with van der Waals surface area (Å²) in [7, 11) is -3.96. The van der Waals surface area contributed by atoms with Gasteiger partial charge in [0.15, 0.2) is 6.61 Å². The molecule has 0 aliphatic rings. The van der Waals surface area contributed by atoms with E-state index < -0.39 is 35.1 Å². The second-order valence-corrected chi connectivity index (χ2v) is 7.47. The molecule has 0 bridgehead atoms. The molecule has 0 spiro atoms. The lowest BCUT2D eigenvalue weighted by Gasteiger charge is -2.09. The first kappa shape index (κ1) is 19.9. The Morgan fingerprint density at radius 2 is 2.04 bits per heavy atom. The van der Waals surface area contributed by atoms with E-state index in [0.29, 0.717) is 11.0 Å². The Balaban J connectivity index is 2.53. The third-order valence-corrected chi connectivity index (χ3v) is 4.90. The van der Waals surface area contributed by atoms with Gasteiger partial charge in [0.05, 0.1) is 5.02 Å². The number of hydrogen-bond acceptors (Lipinski definition) is 5. The Bertz CT molecular complexity index is 681. The number of esters is 1. The minimum absolute atomic E-state index is 0.0131. The van der Waals surface area contributed by atoms with E-state index >= 15 is 0 Å². The highest BCUT2D eigenvalue weighted by molar-refractivity contribution is 9.10. The van der Waals surface area contributed by atoms with Gasteiger partial charge in [-0.05, 0) is 24.6 Å². The van der Waals surface area contributed by atoms with Gasteiger partial charge in [0.2, 0.25) is 10.0 Å². The van der Waals surface area contributed by atoms with E-state index in [1.165, 1.54) is 18.2 Å². The molecule has 0 fully saturated rings. The highest BCUT2D eigenvalue weighted by atomic mass is 79.9. The molecule has 1 aromatic rings. The Hall–Kier alpha value is -1.16. The molecule has 0 saturated carbocycles. The number of amides is 1. The van der Waals surface area contributed by atoms with E-state index in [1.807, 2.05) is 6.92 Å². The van der Waals surface area contributed by atoms with Crippen LogP contribution in [0.4, 0.5) is 0 Å². The molecule has 128 valence electrons. The summed E-state index contributed by atoms with van der Waals surface area (Å²) in [6.45, 7) is 1.30. The van der Waals surface area contributed by atoms with Gasteiger partial charge < -0.3 is 10.1 Å². The number of carbonyl (C=O) groups excluding carboxylic acids is 2. The number of sulfonamides is 1. The van der Waals surface area contributed by atoms with E-state index in [2.05, 4.69) is 30.7 Å². The number of rotatable bonds is 8. The van der Waals surface area contributed by atoms with Gasteiger partial charge in [-0.25, -0.2) is 8.42 Å². The fourth-order valence-electron chi connectivity index (χ4n) is 1.44. The molecular weight excluding hydrogens is 412 g/mol. The maximum Gasteiger partial charge on any atom is 0.321 e. The molecule has 0 aliphatic heterocycles. The lowest BCUT2D eigenvalue weighted by Crippen LogP contribution is -2.34. The number of benzene rings is 1. The third-order valence-electron chi connectivity index (χ3n) is 2.53. The summed E-state index contributed by atoms with van der Waals surface area (Å²) in [6.07, 6.45) is 0.757. The zero-order chi connectivity index (χ0) is 17.5. The smallest absolute Gasteiger partial charge is 0.321 e. The molecule has 23 heavy (non-hydrogen) atoms. The quantitative estimate of drug-likeness (QED) is 0.612. The van der Waals surface area contributed by atoms with Crippen LogP contribution in [0.25, 0.3) is 0 Å². The maximum atomic E-state index is 12.1. The molecule has 2 N–H and O–H groups in total. The van der Waals surface area contributed by atoms with Gasteiger partial charge >= 0.3 is 5.97 Å². The maximum absolute atomic E-state index is 12.1. The summed E-state index contributed by atoms with van der Waals surface area (Å²) in [4.78, 5) is 22.6. The van der Waals surface area contributed by atoms with Crippen LogP contribution in [0.1, 0.15) is 13.3 Å². The van der Waals surface area contributed by atoms with Gasteiger partial charge in [-0.3, -0.25) is 9.59 Å². The summed E-state index contributed by atoms with van der Waals surface area (Å²) in [5.41, 5.74) is 0. The topological polar surface area (TPSA) is 102 Å². The number of halogens is 2. The Morgan fingerprint density at radius 1 is 1.35 bits per heavy atom. The summed E-state index contributed by atoms with van der Waals surface area (Å²) < 4.78 is 31.5. The number of carbonyl (C=O) groups is 2. The minimum Gasteiger partial charge on any atom is -0.455 e. The number of ether oxygens (including phenoxy) is 1. The molecule has 1 amide bonds. The molecule has 0 aliphatic carbocycles. The second kappa shape index (κ2) is 9.21. The van der Waals surface area contributed by atoms with Gasteiger partial charge in [0.25, 0.3) is 5.91 Å². The standard InChI is InChI=1S/C13H16BrClN2O5S/c1-2-5-16-12(18)8-22-13(19)7-17-23(20,21)11-4-3-9(14)6-10(11)15/h3-4,6,17H,2,5,7-8H2,1H3,(H,16,18). The predicted molar refractivity (Wildman–Crippen MR) is 88.6 cm³/mol. The van der Waals surface area contributed by atoms with Crippen LogP contribution in [0.15, 0.2) is 27.6 Å². The van der Waals surface area contributed by atoms with Crippen LogP contribution in [0.5, 0.6) is 0 Å². The van der Waals surface area contributed by atoms with Crippen molar-refractivity contribution in [1.82, 2.24) is 10.0 Å². The molecule has 7 nitrogen and oxygen atoms in total. The molecule has 10 heteroatoms. The first-order valence-electron chi connectivity index (χ1n) is 6.63. The highest BCUT2D eigenvalue weighted by Crippen LogP contribution is 2.24. The van der Waals surface area contributed by atoms with Crippen molar-refractivity contribution in [2.45, 2.75) is 18.2 Å². The Labute approximate surface area is 147 Å². The lowest BCUT2D eigenvalue weighted by molar-refractivity contribution is -0.147. The zero-order valence-electron chi connectivity index (χ0n) is 12.3. The van der Waals surface area contributed by atoms with Crippen molar-refractivity contribution in [3.05, 3.63) is 27.7 Å². The van der Waals surface area contributed by atoms with Crippen LogP contribution < -0.4 is 10.0 Å². The van der Waals surface area contributed by atoms with Crippen molar-refractivity contribution in [2.75, 3.05) is 19.7 Å². The van der Waals surface area contributed by atoms with E-state index in [1.54, 1.807) is 0 Å². The van der Waals surface area contributed by atoms with Gasteiger partial charge in [-0.1, -0.05) is 34.5 Å². The van der Waals surface area contributed by atoms with Crippen LogP contribution in [0.3, 0.4) is 0 Å². The van der Waals surface area contributed by atoms with Gasteiger partial charge in [-0.15, -0.1) is 0 Å². The Morgan fingerprint density at radius 3 is 2.65 bits per heavy atom. The van der Waals surface area contributed by atoms with Gasteiger partial charge in [-0.2, -0.15) is 4.72 Å². The molecule has 1 aromatic carbocycles. The van der Waals surface area contributed by atoms with Crippen molar-refractivity contribution < 1.29 is 22.7 Å². The summed E-state index contributed by atoms with van der Waals surface area (Å²) >= 11 is 9.03. The lowest BCUT2D eigenvalue weighted by atomic mass is 10.4. The van der Waals surface area contributed by atoms with Crippen LogP contribution in [-0.2, 0) is 24.3 Å². The molecule has 0 unspecified atom stereocenters. The SMILES string of the molecule is CCCNC(=O)COC(=O)CNS(=O)(=O)c1ccc(Br)cc1Cl. The van der Waals surface area contributed by atoms with Crippen LogP contribution >= 0.6 is 27.5 Å². The normalized spacial score (nSPS) is 11.1. The van der Waals surface area contributed by atoms with E-state index in [-0.39, 0.29) is 9.92 Å². The van der Waals surface area contributed by atoms with Crippen LogP contribution in [0.2, 0.25) is 5.02 Å². The fraction of sp³-hybridized carbons (Fsp3) is 0.385. The summed E-state index contributed by atoms with van der Waals surface area (Å²) in [6, 6.07) is 4.24. The zero-order valence-corrected chi connectivity index (χ0v) is 15.4.